The molecule has 96 valence electrons. The molecule has 0 aliphatic carbocycles. The van der Waals surface area contributed by atoms with E-state index in [4.69, 9.17) is 4.74 Å². The Bertz CT molecular complexity index is 380. The van der Waals surface area contributed by atoms with Crippen LogP contribution in [0.2, 0.25) is 0 Å². The summed E-state index contributed by atoms with van der Waals surface area (Å²) in [5.74, 6) is 0. The van der Waals surface area contributed by atoms with Crippen LogP contribution in [0.5, 0.6) is 0 Å². The van der Waals surface area contributed by atoms with Crippen LogP contribution < -0.4 is 0 Å². The van der Waals surface area contributed by atoms with Gasteiger partial charge in [0.1, 0.15) is 0 Å². The molecule has 1 aromatic rings. The van der Waals surface area contributed by atoms with Crippen LogP contribution in [-0.2, 0) is 10.3 Å². The van der Waals surface area contributed by atoms with Crippen molar-refractivity contribution < 1.29 is 9.13 Å². The molecule has 5 heteroatoms. The summed E-state index contributed by atoms with van der Waals surface area (Å²) in [6.45, 7) is 6.34. The summed E-state index contributed by atoms with van der Waals surface area (Å²) in [6, 6.07) is 0. The van der Waals surface area contributed by atoms with Gasteiger partial charge in [0.05, 0.1) is 36.6 Å². The van der Waals surface area contributed by atoms with Crippen molar-refractivity contribution in [3.8, 4) is 0 Å². The number of halogens is 2. The minimum absolute atomic E-state index is 0.152. The van der Waals surface area contributed by atoms with Gasteiger partial charge in [-0.2, -0.15) is 0 Å². The van der Waals surface area contributed by atoms with Crippen LogP contribution in [0.3, 0.4) is 0 Å². The maximum absolute atomic E-state index is 12.6. The van der Waals surface area contributed by atoms with Crippen LogP contribution in [0.25, 0.3) is 0 Å². The van der Waals surface area contributed by atoms with E-state index < -0.39 is 5.54 Å². The lowest BCUT2D eigenvalue weighted by Crippen LogP contribution is -2.40. The summed E-state index contributed by atoms with van der Waals surface area (Å²) in [6.07, 6.45) is 5.48. The van der Waals surface area contributed by atoms with Crippen LogP contribution in [0, 0.1) is 6.92 Å². The number of aromatic nitrogens is 2. The average molecular weight is 305 g/mol. The van der Waals surface area contributed by atoms with Crippen molar-refractivity contribution in [1.29, 1.82) is 0 Å². The highest BCUT2D eigenvalue weighted by Gasteiger charge is 2.31. The summed E-state index contributed by atoms with van der Waals surface area (Å²) in [5, 5.41) is 0.760. The SMILES string of the molecule is Cc1cn([C@@](C)(/C=C/F)C(C)OCCBr)cn1. The Morgan fingerprint density at radius 1 is 1.71 bits per heavy atom. The Kier molecular flexibility index (Phi) is 5.33. The van der Waals surface area contributed by atoms with E-state index in [9.17, 15) is 4.39 Å². The van der Waals surface area contributed by atoms with E-state index in [1.54, 1.807) is 6.33 Å². The molecule has 0 saturated carbocycles. The van der Waals surface area contributed by atoms with Gasteiger partial charge in [0.25, 0.3) is 0 Å². The highest BCUT2D eigenvalue weighted by molar-refractivity contribution is 9.09. The summed E-state index contributed by atoms with van der Waals surface area (Å²) in [7, 11) is 0. The number of nitrogens with zero attached hydrogens (tertiary/aromatic N) is 2. The zero-order valence-electron chi connectivity index (χ0n) is 10.4. The lowest BCUT2D eigenvalue weighted by Gasteiger charge is -2.33. The lowest BCUT2D eigenvalue weighted by molar-refractivity contribution is 0.0139. The summed E-state index contributed by atoms with van der Waals surface area (Å²) >= 11 is 3.31. The molecule has 17 heavy (non-hydrogen) atoms. The van der Waals surface area contributed by atoms with Crippen LogP contribution in [0.1, 0.15) is 19.5 Å². The van der Waals surface area contributed by atoms with Crippen LogP contribution in [-0.4, -0.2) is 27.6 Å². The Labute approximate surface area is 110 Å². The first kappa shape index (κ1) is 14.4. The Balaban J connectivity index is 2.96. The topological polar surface area (TPSA) is 27.1 Å². The molecule has 0 saturated heterocycles. The molecular formula is C12H18BrFN2O. The van der Waals surface area contributed by atoms with Gasteiger partial charge in [-0.15, -0.1) is 0 Å². The fourth-order valence-corrected chi connectivity index (χ4v) is 1.82. The highest BCUT2D eigenvalue weighted by atomic mass is 79.9. The fraction of sp³-hybridized carbons (Fsp3) is 0.583. The second kappa shape index (κ2) is 6.31. The molecule has 3 nitrogen and oxygen atoms in total. The van der Waals surface area contributed by atoms with Gasteiger partial charge in [-0.3, -0.25) is 0 Å². The van der Waals surface area contributed by atoms with Gasteiger partial charge in [0.2, 0.25) is 0 Å². The van der Waals surface area contributed by atoms with Crippen molar-refractivity contribution in [2.75, 3.05) is 11.9 Å². The van der Waals surface area contributed by atoms with Crippen molar-refractivity contribution in [3.05, 3.63) is 30.6 Å². The molecule has 0 N–H and O–H groups in total. The fourth-order valence-electron chi connectivity index (χ4n) is 1.63. The van der Waals surface area contributed by atoms with Gasteiger partial charge in [0.15, 0.2) is 0 Å². The third kappa shape index (κ3) is 3.39. The van der Waals surface area contributed by atoms with E-state index in [1.165, 1.54) is 6.08 Å². The minimum atomic E-state index is -0.571. The predicted octanol–water partition coefficient (Wildman–Crippen LogP) is 3.19. The third-order valence-corrected chi connectivity index (χ3v) is 3.26. The number of hydrogen-bond acceptors (Lipinski definition) is 2. The first-order valence-electron chi connectivity index (χ1n) is 5.51. The highest BCUT2D eigenvalue weighted by Crippen LogP contribution is 2.25. The summed E-state index contributed by atoms with van der Waals surface area (Å²) in [5.41, 5.74) is 0.328. The molecule has 0 fully saturated rings. The number of alkyl halides is 1. The Morgan fingerprint density at radius 3 is 2.88 bits per heavy atom. The molecule has 1 rings (SSSR count). The second-order valence-electron chi connectivity index (χ2n) is 4.14. The zero-order valence-corrected chi connectivity index (χ0v) is 11.9. The first-order chi connectivity index (χ1) is 8.04. The third-order valence-electron chi connectivity index (χ3n) is 2.94. The van der Waals surface area contributed by atoms with E-state index in [1.807, 2.05) is 31.5 Å². The van der Waals surface area contributed by atoms with Crippen LogP contribution in [0.4, 0.5) is 4.39 Å². The zero-order chi connectivity index (χ0) is 12.9. The van der Waals surface area contributed by atoms with Crippen molar-refractivity contribution in [1.82, 2.24) is 9.55 Å². The van der Waals surface area contributed by atoms with Gasteiger partial charge in [-0.25, -0.2) is 9.37 Å². The van der Waals surface area contributed by atoms with E-state index in [0.717, 1.165) is 11.0 Å². The number of hydrogen-bond donors (Lipinski definition) is 0. The van der Waals surface area contributed by atoms with Crippen molar-refractivity contribution in [2.45, 2.75) is 32.4 Å². The minimum Gasteiger partial charge on any atom is -0.375 e. The summed E-state index contributed by atoms with van der Waals surface area (Å²) < 4.78 is 20.1. The van der Waals surface area contributed by atoms with Gasteiger partial charge in [-0.05, 0) is 26.8 Å². The quantitative estimate of drug-likeness (QED) is 0.755. The lowest BCUT2D eigenvalue weighted by atomic mass is 9.95. The van der Waals surface area contributed by atoms with E-state index in [0.29, 0.717) is 12.9 Å². The standard InChI is InChI=1S/C12H18BrFN2O/c1-10-8-16(9-15-10)12(3,4-6-14)11(2)17-7-5-13/h4,6,8-9,11H,5,7H2,1-3H3/b6-4+/t11?,12-/m0/s1. The predicted molar refractivity (Wildman–Crippen MR) is 70.1 cm³/mol. The molecule has 0 amide bonds. The van der Waals surface area contributed by atoms with Gasteiger partial charge >= 0.3 is 0 Å². The second-order valence-corrected chi connectivity index (χ2v) is 4.94. The average Bonchev–Trinajstić information content (AvgIpc) is 2.73. The molecule has 2 atom stereocenters. The molecule has 0 aliphatic heterocycles. The van der Waals surface area contributed by atoms with Crippen molar-refractivity contribution >= 4 is 15.9 Å². The molecule has 0 aliphatic rings. The van der Waals surface area contributed by atoms with Gasteiger partial charge < -0.3 is 9.30 Å². The number of aryl methyl sites for hydroxylation is 1. The smallest absolute Gasteiger partial charge is 0.0957 e. The maximum atomic E-state index is 12.6. The summed E-state index contributed by atoms with van der Waals surface area (Å²) in [4.78, 5) is 4.17. The molecule has 0 spiro atoms. The number of ether oxygens (including phenoxy) is 1. The van der Waals surface area contributed by atoms with E-state index in [2.05, 4.69) is 20.9 Å². The van der Waals surface area contributed by atoms with Crippen molar-refractivity contribution in [3.63, 3.8) is 0 Å². The maximum Gasteiger partial charge on any atom is 0.0957 e. The number of rotatable bonds is 6. The molecule has 0 bridgehead atoms. The molecule has 1 aromatic heterocycles. The van der Waals surface area contributed by atoms with Gasteiger partial charge in [0, 0.05) is 11.5 Å². The van der Waals surface area contributed by atoms with Crippen LogP contribution in [0.15, 0.2) is 24.9 Å². The van der Waals surface area contributed by atoms with Crippen LogP contribution >= 0.6 is 15.9 Å². The first-order valence-corrected chi connectivity index (χ1v) is 6.63. The monoisotopic (exact) mass is 304 g/mol. The normalized spacial score (nSPS) is 17.2. The van der Waals surface area contributed by atoms with E-state index in [-0.39, 0.29) is 6.10 Å². The van der Waals surface area contributed by atoms with Gasteiger partial charge in [-0.1, -0.05) is 15.9 Å². The van der Waals surface area contributed by atoms with Crippen molar-refractivity contribution in [2.24, 2.45) is 0 Å². The Hall–Kier alpha value is -0.680. The molecule has 0 aromatic carbocycles. The van der Waals surface area contributed by atoms with E-state index >= 15 is 0 Å². The molecule has 1 unspecified atom stereocenters. The number of imidazole rings is 1. The molecule has 0 radical (unpaired) electrons. The Morgan fingerprint density at radius 2 is 2.41 bits per heavy atom. The molecular weight excluding hydrogens is 287 g/mol. The molecule has 1 heterocycles. The largest absolute Gasteiger partial charge is 0.375 e.